The van der Waals surface area contributed by atoms with Crippen LogP contribution in [0.4, 0.5) is 4.79 Å². The normalized spacial score (nSPS) is 15.1. The predicted molar refractivity (Wildman–Crippen MR) is 126 cm³/mol. The molecule has 1 aliphatic rings. The second-order valence-electron chi connectivity index (χ2n) is 7.91. The van der Waals surface area contributed by atoms with Gasteiger partial charge in [0.2, 0.25) is 5.76 Å². The molecular formula is C25H24N2O5S. The van der Waals surface area contributed by atoms with Crippen molar-refractivity contribution in [3.63, 3.8) is 0 Å². The molecule has 0 spiro atoms. The maximum Gasteiger partial charge on any atom is 0.373 e. The van der Waals surface area contributed by atoms with Crippen molar-refractivity contribution in [2.75, 3.05) is 7.11 Å². The molecular weight excluding hydrogens is 440 g/mol. The van der Waals surface area contributed by atoms with Crippen LogP contribution < -0.4 is 0 Å². The fourth-order valence-corrected chi connectivity index (χ4v) is 4.72. The number of ether oxygens (including phenoxy) is 1. The standard InChI is InChI=1S/C25H24N2O5S/c1-14-7-6-8-20(16(14)3)27-15(2)11-18(17(27)4)12-22-23(28)26(25(30)33-22)13-19-9-10-21(32-19)24(29)31-5/h6-12H,13H2,1-5H3. The number of benzene rings is 1. The molecule has 2 amide bonds. The zero-order valence-electron chi connectivity index (χ0n) is 19.1. The van der Waals surface area contributed by atoms with Crippen LogP contribution in [0.2, 0.25) is 0 Å². The number of imide groups is 1. The van der Waals surface area contributed by atoms with Gasteiger partial charge < -0.3 is 13.7 Å². The lowest BCUT2D eigenvalue weighted by molar-refractivity contribution is -0.123. The lowest BCUT2D eigenvalue weighted by Crippen LogP contribution is -2.27. The van der Waals surface area contributed by atoms with Gasteiger partial charge in [0.15, 0.2) is 0 Å². The first-order chi connectivity index (χ1) is 15.7. The number of carbonyl (C=O) groups is 3. The molecule has 0 radical (unpaired) electrons. The minimum absolute atomic E-state index is 0.0221. The van der Waals surface area contributed by atoms with Gasteiger partial charge in [0.25, 0.3) is 11.1 Å². The van der Waals surface area contributed by atoms with Crippen LogP contribution in [0.25, 0.3) is 11.8 Å². The van der Waals surface area contributed by atoms with Crippen molar-refractivity contribution in [2.24, 2.45) is 0 Å². The summed E-state index contributed by atoms with van der Waals surface area (Å²) in [5, 5.41) is -0.384. The fourth-order valence-electron chi connectivity index (χ4n) is 3.89. The Morgan fingerprint density at radius 2 is 1.88 bits per heavy atom. The van der Waals surface area contributed by atoms with Crippen molar-refractivity contribution < 1.29 is 23.5 Å². The summed E-state index contributed by atoms with van der Waals surface area (Å²) in [6.07, 6.45) is 1.76. The molecule has 8 heteroatoms. The van der Waals surface area contributed by atoms with Crippen molar-refractivity contribution in [3.8, 4) is 5.69 Å². The average molecular weight is 465 g/mol. The molecule has 4 rings (SSSR count). The Bertz CT molecular complexity index is 1310. The van der Waals surface area contributed by atoms with E-state index in [0.29, 0.717) is 10.7 Å². The SMILES string of the molecule is COC(=O)c1ccc(CN2C(=O)SC(=Cc3cc(C)n(-c4cccc(C)c4C)c3C)C2=O)o1. The molecule has 1 aromatic carbocycles. The van der Waals surface area contributed by atoms with Crippen molar-refractivity contribution in [1.82, 2.24) is 9.47 Å². The van der Waals surface area contributed by atoms with Crippen molar-refractivity contribution in [1.29, 1.82) is 0 Å². The van der Waals surface area contributed by atoms with Gasteiger partial charge in [0.1, 0.15) is 5.76 Å². The Labute approximate surface area is 196 Å². The van der Waals surface area contributed by atoms with Crippen molar-refractivity contribution in [3.05, 3.63) is 80.9 Å². The maximum atomic E-state index is 13.0. The van der Waals surface area contributed by atoms with Gasteiger partial charge in [-0.3, -0.25) is 14.5 Å². The van der Waals surface area contributed by atoms with E-state index in [2.05, 4.69) is 35.3 Å². The van der Waals surface area contributed by atoms with E-state index >= 15 is 0 Å². The molecule has 1 saturated heterocycles. The quantitative estimate of drug-likeness (QED) is 0.375. The van der Waals surface area contributed by atoms with Gasteiger partial charge in [-0.25, -0.2) is 4.79 Å². The molecule has 7 nitrogen and oxygen atoms in total. The molecule has 3 aromatic rings. The number of rotatable bonds is 5. The summed E-state index contributed by atoms with van der Waals surface area (Å²) in [7, 11) is 1.25. The highest BCUT2D eigenvalue weighted by molar-refractivity contribution is 8.18. The van der Waals surface area contributed by atoms with Crippen LogP contribution in [-0.4, -0.2) is 33.7 Å². The Morgan fingerprint density at radius 3 is 2.61 bits per heavy atom. The van der Waals surface area contributed by atoms with E-state index in [4.69, 9.17) is 4.42 Å². The van der Waals surface area contributed by atoms with Gasteiger partial charge in [-0.2, -0.15) is 0 Å². The van der Waals surface area contributed by atoms with Crippen molar-refractivity contribution >= 4 is 35.0 Å². The third-order valence-electron chi connectivity index (χ3n) is 5.81. The Balaban J connectivity index is 1.61. The molecule has 0 aliphatic carbocycles. The van der Waals surface area contributed by atoms with Gasteiger partial charge in [-0.15, -0.1) is 0 Å². The molecule has 170 valence electrons. The van der Waals surface area contributed by atoms with Crippen LogP contribution in [0, 0.1) is 27.7 Å². The number of furan rings is 1. The topological polar surface area (TPSA) is 81.8 Å². The van der Waals surface area contributed by atoms with Gasteiger partial charge in [0, 0.05) is 17.1 Å². The van der Waals surface area contributed by atoms with Gasteiger partial charge in [0.05, 0.1) is 18.6 Å². The number of carbonyl (C=O) groups excluding carboxylic acids is 3. The molecule has 0 unspecified atom stereocenters. The first kappa shape index (κ1) is 22.7. The first-order valence-electron chi connectivity index (χ1n) is 10.4. The van der Waals surface area contributed by atoms with Crippen molar-refractivity contribution in [2.45, 2.75) is 34.2 Å². The van der Waals surface area contributed by atoms with E-state index < -0.39 is 11.9 Å². The Hall–Kier alpha value is -3.52. The monoisotopic (exact) mass is 464 g/mol. The number of hydrogen-bond donors (Lipinski definition) is 0. The smallest absolute Gasteiger partial charge is 0.373 e. The maximum absolute atomic E-state index is 13.0. The number of methoxy groups -OCH3 is 1. The van der Waals surface area contributed by atoms with Crippen LogP contribution >= 0.6 is 11.8 Å². The fraction of sp³-hybridized carbons (Fsp3) is 0.240. The van der Waals surface area contributed by atoms with E-state index in [9.17, 15) is 14.4 Å². The summed E-state index contributed by atoms with van der Waals surface area (Å²) in [4.78, 5) is 38.5. The number of thioether (sulfide) groups is 1. The summed E-state index contributed by atoms with van der Waals surface area (Å²) in [6, 6.07) is 11.2. The molecule has 3 heterocycles. The third-order valence-corrected chi connectivity index (χ3v) is 6.72. The summed E-state index contributed by atoms with van der Waals surface area (Å²) in [6.45, 7) is 8.14. The largest absolute Gasteiger partial charge is 0.463 e. The van der Waals surface area contributed by atoms with Crippen LogP contribution in [0.3, 0.4) is 0 Å². The number of hydrogen-bond acceptors (Lipinski definition) is 6. The number of aromatic nitrogens is 1. The Kier molecular flexibility index (Phi) is 6.03. The minimum Gasteiger partial charge on any atom is -0.463 e. The highest BCUT2D eigenvalue weighted by Crippen LogP contribution is 2.35. The highest BCUT2D eigenvalue weighted by Gasteiger charge is 2.36. The van der Waals surface area contributed by atoms with Gasteiger partial charge in [-0.05, 0) is 86.5 Å². The molecule has 0 atom stereocenters. The van der Waals surface area contributed by atoms with Crippen LogP contribution in [-0.2, 0) is 16.1 Å². The molecule has 0 N–H and O–H groups in total. The Morgan fingerprint density at radius 1 is 1.12 bits per heavy atom. The number of amides is 2. The lowest BCUT2D eigenvalue weighted by atomic mass is 10.1. The zero-order chi connectivity index (χ0) is 23.9. The molecule has 33 heavy (non-hydrogen) atoms. The predicted octanol–water partition coefficient (Wildman–Crippen LogP) is 5.33. The summed E-state index contributed by atoms with van der Waals surface area (Å²) >= 11 is 0.895. The van der Waals surface area contributed by atoms with E-state index in [0.717, 1.165) is 39.3 Å². The van der Waals surface area contributed by atoms with Gasteiger partial charge in [-0.1, -0.05) is 12.1 Å². The lowest BCUT2D eigenvalue weighted by Gasteiger charge is -2.14. The van der Waals surface area contributed by atoms with E-state index in [1.807, 2.05) is 26.0 Å². The second-order valence-corrected chi connectivity index (χ2v) is 8.90. The van der Waals surface area contributed by atoms with Crippen LogP contribution in [0.5, 0.6) is 0 Å². The van der Waals surface area contributed by atoms with E-state index in [-0.39, 0.29) is 17.5 Å². The van der Waals surface area contributed by atoms with Crippen LogP contribution in [0.1, 0.15) is 44.4 Å². The third kappa shape index (κ3) is 4.14. The van der Waals surface area contributed by atoms with E-state index in [1.54, 1.807) is 12.1 Å². The summed E-state index contributed by atoms with van der Waals surface area (Å²) in [5.41, 5.74) is 6.40. The molecule has 0 saturated carbocycles. The number of nitrogens with zero attached hydrogens (tertiary/aromatic N) is 2. The number of esters is 1. The second kappa shape index (κ2) is 8.78. The molecule has 1 aliphatic heterocycles. The number of aryl methyl sites for hydroxylation is 2. The molecule has 2 aromatic heterocycles. The minimum atomic E-state index is -0.616. The highest BCUT2D eigenvalue weighted by atomic mass is 32.2. The molecule has 1 fully saturated rings. The van der Waals surface area contributed by atoms with E-state index in [1.165, 1.54) is 24.3 Å². The van der Waals surface area contributed by atoms with Gasteiger partial charge >= 0.3 is 5.97 Å². The summed E-state index contributed by atoms with van der Waals surface area (Å²) in [5.74, 6) is -0.659. The summed E-state index contributed by atoms with van der Waals surface area (Å²) < 4.78 is 12.2. The average Bonchev–Trinajstić information content (AvgIpc) is 3.44. The zero-order valence-corrected chi connectivity index (χ0v) is 19.9. The molecule has 0 bridgehead atoms. The first-order valence-corrected chi connectivity index (χ1v) is 11.2. The van der Waals surface area contributed by atoms with Crippen LogP contribution in [0.15, 0.2) is 45.7 Å².